The number of amides is 1. The summed E-state index contributed by atoms with van der Waals surface area (Å²) < 4.78 is 26.1. The molecule has 3 nitrogen and oxygen atoms in total. The highest BCUT2D eigenvalue weighted by molar-refractivity contribution is 5.90. The van der Waals surface area contributed by atoms with Crippen molar-refractivity contribution in [2.24, 2.45) is 0 Å². The molecule has 0 atom stereocenters. The highest BCUT2D eigenvalue weighted by Gasteiger charge is 2.07. The Labute approximate surface area is 122 Å². The summed E-state index contributed by atoms with van der Waals surface area (Å²) in [6.45, 7) is 1.14. The van der Waals surface area contributed by atoms with Crippen LogP contribution in [0.5, 0.6) is 0 Å². The Hall–Kier alpha value is -2.27. The van der Waals surface area contributed by atoms with E-state index < -0.39 is 11.6 Å². The molecule has 0 spiro atoms. The number of halogens is 2. The average molecular weight is 290 g/mol. The first kappa shape index (κ1) is 15.1. The van der Waals surface area contributed by atoms with Crippen molar-refractivity contribution in [1.29, 1.82) is 0 Å². The van der Waals surface area contributed by atoms with E-state index in [2.05, 4.69) is 10.6 Å². The first-order valence-electron chi connectivity index (χ1n) is 6.65. The van der Waals surface area contributed by atoms with E-state index in [0.29, 0.717) is 13.1 Å². The second kappa shape index (κ2) is 7.50. The fraction of sp³-hybridized carbons (Fsp3) is 0.188. The van der Waals surface area contributed by atoms with Gasteiger partial charge in [-0.2, -0.15) is 0 Å². The molecule has 0 heterocycles. The highest BCUT2D eigenvalue weighted by Crippen LogP contribution is 2.14. The van der Waals surface area contributed by atoms with Crippen LogP contribution in [0.4, 0.5) is 14.5 Å². The maximum absolute atomic E-state index is 13.4. The molecular weight excluding hydrogens is 274 g/mol. The minimum atomic E-state index is -0.777. The second-order valence-electron chi connectivity index (χ2n) is 4.58. The van der Waals surface area contributed by atoms with Crippen LogP contribution >= 0.6 is 0 Å². The van der Waals surface area contributed by atoms with Crippen molar-refractivity contribution in [3.05, 3.63) is 65.7 Å². The van der Waals surface area contributed by atoms with E-state index in [1.807, 2.05) is 30.3 Å². The topological polar surface area (TPSA) is 41.1 Å². The lowest BCUT2D eigenvalue weighted by Crippen LogP contribution is -2.21. The zero-order chi connectivity index (χ0) is 15.1. The lowest BCUT2D eigenvalue weighted by molar-refractivity contribution is -0.116. The number of hydrogen-bond acceptors (Lipinski definition) is 2. The SMILES string of the molecule is O=C(CCNCc1ccccc1)Nc1ccc(F)cc1F. The third kappa shape index (κ3) is 4.96. The van der Waals surface area contributed by atoms with Crippen LogP contribution in [0.2, 0.25) is 0 Å². The fourth-order valence-electron chi connectivity index (χ4n) is 1.83. The van der Waals surface area contributed by atoms with E-state index in [1.165, 1.54) is 6.07 Å². The molecule has 1 amide bonds. The number of hydrogen-bond donors (Lipinski definition) is 2. The van der Waals surface area contributed by atoms with Gasteiger partial charge in [-0.05, 0) is 17.7 Å². The summed E-state index contributed by atoms with van der Waals surface area (Å²) in [6, 6.07) is 12.9. The predicted octanol–water partition coefficient (Wildman–Crippen LogP) is 3.08. The summed E-state index contributed by atoms with van der Waals surface area (Å²) in [4.78, 5) is 11.6. The average Bonchev–Trinajstić information content (AvgIpc) is 2.48. The van der Waals surface area contributed by atoms with Gasteiger partial charge >= 0.3 is 0 Å². The zero-order valence-corrected chi connectivity index (χ0v) is 11.4. The van der Waals surface area contributed by atoms with Crippen molar-refractivity contribution in [3.8, 4) is 0 Å². The third-order valence-electron chi connectivity index (χ3n) is 2.91. The molecule has 110 valence electrons. The van der Waals surface area contributed by atoms with Gasteiger partial charge in [0.2, 0.25) is 5.91 Å². The summed E-state index contributed by atoms with van der Waals surface area (Å²) in [6.07, 6.45) is 0.212. The summed E-state index contributed by atoms with van der Waals surface area (Å²) in [7, 11) is 0. The van der Waals surface area contributed by atoms with Gasteiger partial charge in [-0.3, -0.25) is 4.79 Å². The smallest absolute Gasteiger partial charge is 0.225 e. The quantitative estimate of drug-likeness (QED) is 0.803. The maximum atomic E-state index is 13.4. The Balaban J connectivity index is 1.72. The largest absolute Gasteiger partial charge is 0.324 e. The van der Waals surface area contributed by atoms with Gasteiger partial charge in [-0.1, -0.05) is 30.3 Å². The fourth-order valence-corrected chi connectivity index (χ4v) is 1.83. The maximum Gasteiger partial charge on any atom is 0.225 e. The summed E-state index contributed by atoms with van der Waals surface area (Å²) >= 11 is 0. The first-order valence-corrected chi connectivity index (χ1v) is 6.65. The molecule has 0 aliphatic carbocycles. The van der Waals surface area contributed by atoms with Crippen LogP contribution in [0.3, 0.4) is 0 Å². The lowest BCUT2D eigenvalue weighted by atomic mass is 10.2. The van der Waals surface area contributed by atoms with E-state index in [-0.39, 0.29) is 18.0 Å². The molecular formula is C16H16F2N2O. The molecule has 0 unspecified atom stereocenters. The number of rotatable bonds is 6. The lowest BCUT2D eigenvalue weighted by Gasteiger charge is -2.07. The molecule has 0 radical (unpaired) electrons. The van der Waals surface area contributed by atoms with Crippen molar-refractivity contribution in [2.45, 2.75) is 13.0 Å². The number of carbonyl (C=O) groups excluding carboxylic acids is 1. The molecule has 0 saturated carbocycles. The second-order valence-corrected chi connectivity index (χ2v) is 4.58. The molecule has 0 aliphatic rings. The Morgan fingerprint density at radius 3 is 2.52 bits per heavy atom. The molecule has 2 rings (SSSR count). The van der Waals surface area contributed by atoms with Gasteiger partial charge in [0.15, 0.2) is 0 Å². The monoisotopic (exact) mass is 290 g/mol. The Kier molecular flexibility index (Phi) is 5.40. The molecule has 2 aromatic carbocycles. The normalized spacial score (nSPS) is 10.4. The van der Waals surface area contributed by atoms with Gasteiger partial charge in [-0.15, -0.1) is 0 Å². The van der Waals surface area contributed by atoms with Crippen LogP contribution < -0.4 is 10.6 Å². The van der Waals surface area contributed by atoms with Gasteiger partial charge in [0.05, 0.1) is 5.69 Å². The van der Waals surface area contributed by atoms with E-state index in [9.17, 15) is 13.6 Å². The van der Waals surface area contributed by atoms with Crippen molar-refractivity contribution in [1.82, 2.24) is 5.32 Å². The molecule has 0 saturated heterocycles. The Morgan fingerprint density at radius 1 is 1.05 bits per heavy atom. The summed E-state index contributed by atoms with van der Waals surface area (Å²) in [5.74, 6) is -1.77. The van der Waals surface area contributed by atoms with Crippen LogP contribution in [0.1, 0.15) is 12.0 Å². The zero-order valence-electron chi connectivity index (χ0n) is 11.4. The van der Waals surface area contributed by atoms with Gasteiger partial charge < -0.3 is 10.6 Å². The van der Waals surface area contributed by atoms with E-state index in [4.69, 9.17) is 0 Å². The number of carbonyl (C=O) groups is 1. The standard InChI is InChI=1S/C16H16F2N2O/c17-13-6-7-15(14(18)10-13)20-16(21)8-9-19-11-12-4-2-1-3-5-12/h1-7,10,19H,8-9,11H2,(H,20,21). The Morgan fingerprint density at radius 2 is 1.81 bits per heavy atom. The first-order chi connectivity index (χ1) is 10.1. The molecule has 0 bridgehead atoms. The van der Waals surface area contributed by atoms with Gasteiger partial charge in [0, 0.05) is 25.6 Å². The van der Waals surface area contributed by atoms with Crippen LogP contribution in [0.15, 0.2) is 48.5 Å². The third-order valence-corrected chi connectivity index (χ3v) is 2.91. The van der Waals surface area contributed by atoms with Crippen molar-refractivity contribution < 1.29 is 13.6 Å². The molecule has 2 aromatic rings. The molecule has 2 N–H and O–H groups in total. The molecule has 0 aliphatic heterocycles. The van der Waals surface area contributed by atoms with Gasteiger partial charge in [0.25, 0.3) is 0 Å². The van der Waals surface area contributed by atoms with Gasteiger partial charge in [0.1, 0.15) is 11.6 Å². The van der Waals surface area contributed by atoms with Crippen molar-refractivity contribution >= 4 is 11.6 Å². The Bertz CT molecular complexity index is 602. The van der Waals surface area contributed by atoms with Crippen LogP contribution in [-0.2, 0) is 11.3 Å². The summed E-state index contributed by atoms with van der Waals surface area (Å²) in [5.41, 5.74) is 1.12. The van der Waals surface area contributed by atoms with Crippen LogP contribution in [-0.4, -0.2) is 12.5 Å². The molecule has 21 heavy (non-hydrogen) atoms. The van der Waals surface area contributed by atoms with E-state index in [1.54, 1.807) is 0 Å². The van der Waals surface area contributed by atoms with Crippen molar-refractivity contribution in [3.63, 3.8) is 0 Å². The number of benzene rings is 2. The number of anilines is 1. The minimum absolute atomic E-state index is 0.00976. The van der Waals surface area contributed by atoms with Crippen LogP contribution in [0.25, 0.3) is 0 Å². The molecule has 5 heteroatoms. The van der Waals surface area contributed by atoms with E-state index >= 15 is 0 Å². The highest BCUT2D eigenvalue weighted by atomic mass is 19.1. The molecule has 0 fully saturated rings. The van der Waals surface area contributed by atoms with E-state index in [0.717, 1.165) is 17.7 Å². The summed E-state index contributed by atoms with van der Waals surface area (Å²) in [5, 5.41) is 5.54. The predicted molar refractivity (Wildman–Crippen MR) is 77.8 cm³/mol. The minimum Gasteiger partial charge on any atom is -0.324 e. The number of nitrogens with one attached hydrogen (secondary N) is 2. The van der Waals surface area contributed by atoms with Crippen LogP contribution in [0, 0.1) is 11.6 Å². The van der Waals surface area contributed by atoms with Crippen molar-refractivity contribution in [2.75, 3.05) is 11.9 Å². The molecule has 0 aromatic heterocycles. The van der Waals surface area contributed by atoms with Gasteiger partial charge in [-0.25, -0.2) is 8.78 Å².